The molecule has 0 radical (unpaired) electrons. The van der Waals surface area contributed by atoms with Gasteiger partial charge in [-0.05, 0) is 56.2 Å². The second-order valence-electron chi connectivity index (χ2n) is 5.28. The maximum Gasteiger partial charge on any atom is 0.255 e. The second-order valence-corrected chi connectivity index (χ2v) is 5.71. The summed E-state index contributed by atoms with van der Waals surface area (Å²) in [6.45, 7) is 5.99. The van der Waals surface area contributed by atoms with Gasteiger partial charge in [0, 0.05) is 16.3 Å². The van der Waals surface area contributed by atoms with Crippen molar-refractivity contribution in [3.05, 3.63) is 58.6 Å². The lowest BCUT2D eigenvalue weighted by atomic mass is 10.1. The van der Waals surface area contributed by atoms with Gasteiger partial charge in [0.15, 0.2) is 0 Å². The Bertz CT molecular complexity index is 670. The minimum Gasteiger partial charge on any atom is -0.491 e. The van der Waals surface area contributed by atoms with Crippen molar-refractivity contribution >= 4 is 23.2 Å². The zero-order valence-electron chi connectivity index (χ0n) is 13.0. The van der Waals surface area contributed by atoms with Gasteiger partial charge in [0.05, 0.1) is 6.10 Å². The molecule has 0 aromatic heterocycles. The molecule has 0 saturated heterocycles. The SMILES string of the molecule is CCC(C)Oc1cccc(C(=O)Nc2cc(Cl)ccc2C)c1. The Morgan fingerprint density at radius 3 is 2.77 bits per heavy atom. The molecule has 2 aromatic rings. The molecule has 0 bridgehead atoms. The van der Waals surface area contributed by atoms with Crippen LogP contribution in [0.3, 0.4) is 0 Å². The van der Waals surface area contributed by atoms with Crippen molar-refractivity contribution in [1.29, 1.82) is 0 Å². The summed E-state index contributed by atoms with van der Waals surface area (Å²) in [7, 11) is 0. The Labute approximate surface area is 136 Å². The van der Waals surface area contributed by atoms with Crippen molar-refractivity contribution in [1.82, 2.24) is 0 Å². The molecule has 22 heavy (non-hydrogen) atoms. The number of amides is 1. The first-order chi connectivity index (χ1) is 10.5. The van der Waals surface area contributed by atoms with Crippen molar-refractivity contribution in [2.24, 2.45) is 0 Å². The van der Waals surface area contributed by atoms with Crippen LogP contribution in [0.15, 0.2) is 42.5 Å². The molecule has 0 fully saturated rings. The number of carbonyl (C=O) groups is 1. The van der Waals surface area contributed by atoms with Crippen molar-refractivity contribution in [2.45, 2.75) is 33.3 Å². The fourth-order valence-corrected chi connectivity index (χ4v) is 2.12. The lowest BCUT2D eigenvalue weighted by molar-refractivity contribution is 0.102. The topological polar surface area (TPSA) is 38.3 Å². The Hall–Kier alpha value is -2.00. The lowest BCUT2D eigenvalue weighted by Gasteiger charge is -2.14. The molecule has 4 heteroatoms. The molecule has 2 rings (SSSR count). The molecule has 2 aromatic carbocycles. The first-order valence-corrected chi connectivity index (χ1v) is 7.71. The third-order valence-electron chi connectivity index (χ3n) is 3.46. The van der Waals surface area contributed by atoms with Gasteiger partial charge >= 0.3 is 0 Å². The molecular formula is C18H20ClNO2. The number of anilines is 1. The number of carbonyl (C=O) groups excluding carboxylic acids is 1. The number of aryl methyl sites for hydroxylation is 1. The summed E-state index contributed by atoms with van der Waals surface area (Å²) >= 11 is 5.97. The molecule has 0 saturated carbocycles. The van der Waals surface area contributed by atoms with Crippen LogP contribution < -0.4 is 10.1 Å². The maximum atomic E-state index is 12.4. The van der Waals surface area contributed by atoms with Crippen LogP contribution in [0, 0.1) is 6.92 Å². The van der Waals surface area contributed by atoms with E-state index in [1.165, 1.54) is 0 Å². The molecule has 3 nitrogen and oxygen atoms in total. The predicted octanol–water partition coefficient (Wildman–Crippen LogP) is 5.08. The fraction of sp³-hybridized carbons (Fsp3) is 0.278. The third kappa shape index (κ3) is 4.25. The molecule has 116 valence electrons. The van der Waals surface area contributed by atoms with Crippen LogP contribution in [0.1, 0.15) is 36.2 Å². The minimum absolute atomic E-state index is 0.119. The van der Waals surface area contributed by atoms with Crippen LogP contribution in [0.25, 0.3) is 0 Å². The van der Waals surface area contributed by atoms with Gasteiger partial charge < -0.3 is 10.1 Å². The van der Waals surface area contributed by atoms with Crippen LogP contribution in [-0.4, -0.2) is 12.0 Å². The van der Waals surface area contributed by atoms with E-state index in [0.717, 1.165) is 12.0 Å². The second kappa shape index (κ2) is 7.32. The molecule has 0 aliphatic carbocycles. The van der Waals surface area contributed by atoms with E-state index in [9.17, 15) is 4.79 Å². The average molecular weight is 318 g/mol. The van der Waals surface area contributed by atoms with Crippen molar-refractivity contribution in [2.75, 3.05) is 5.32 Å². The quantitative estimate of drug-likeness (QED) is 0.835. The first kappa shape index (κ1) is 16.4. The van der Waals surface area contributed by atoms with E-state index in [4.69, 9.17) is 16.3 Å². The molecule has 0 aliphatic rings. The molecule has 1 amide bonds. The molecule has 1 unspecified atom stereocenters. The normalized spacial score (nSPS) is 11.8. The molecule has 1 N–H and O–H groups in total. The van der Waals surface area contributed by atoms with Gasteiger partial charge in [0.1, 0.15) is 5.75 Å². The Morgan fingerprint density at radius 2 is 2.05 bits per heavy atom. The van der Waals surface area contributed by atoms with Crippen LogP contribution in [0.2, 0.25) is 5.02 Å². The van der Waals surface area contributed by atoms with E-state index in [2.05, 4.69) is 12.2 Å². The van der Waals surface area contributed by atoms with E-state index in [1.807, 2.05) is 32.0 Å². The van der Waals surface area contributed by atoms with E-state index >= 15 is 0 Å². The third-order valence-corrected chi connectivity index (χ3v) is 3.69. The van der Waals surface area contributed by atoms with Crippen molar-refractivity contribution in [3.8, 4) is 5.75 Å². The summed E-state index contributed by atoms with van der Waals surface area (Å²) in [5.41, 5.74) is 2.23. The molecule has 0 heterocycles. The highest BCUT2D eigenvalue weighted by atomic mass is 35.5. The molecular weight excluding hydrogens is 298 g/mol. The van der Waals surface area contributed by atoms with Crippen LogP contribution in [0.5, 0.6) is 5.75 Å². The van der Waals surface area contributed by atoms with E-state index in [0.29, 0.717) is 22.0 Å². The van der Waals surface area contributed by atoms with E-state index < -0.39 is 0 Å². The van der Waals surface area contributed by atoms with Crippen molar-refractivity contribution < 1.29 is 9.53 Å². The van der Waals surface area contributed by atoms with Crippen LogP contribution in [-0.2, 0) is 0 Å². The number of hydrogen-bond acceptors (Lipinski definition) is 2. The van der Waals surface area contributed by atoms with Gasteiger partial charge in [0.2, 0.25) is 0 Å². The fourth-order valence-electron chi connectivity index (χ4n) is 1.95. The highest BCUT2D eigenvalue weighted by molar-refractivity contribution is 6.31. The average Bonchev–Trinajstić information content (AvgIpc) is 2.51. The minimum atomic E-state index is -0.181. The molecule has 1 atom stereocenters. The van der Waals surface area contributed by atoms with Gasteiger partial charge in [-0.2, -0.15) is 0 Å². The van der Waals surface area contributed by atoms with Gasteiger partial charge in [-0.25, -0.2) is 0 Å². The van der Waals surface area contributed by atoms with Crippen molar-refractivity contribution in [3.63, 3.8) is 0 Å². The first-order valence-electron chi connectivity index (χ1n) is 7.34. The highest BCUT2D eigenvalue weighted by Crippen LogP contribution is 2.22. The predicted molar refractivity (Wildman–Crippen MR) is 91.0 cm³/mol. The summed E-state index contributed by atoms with van der Waals surface area (Å²) in [5.74, 6) is 0.518. The summed E-state index contributed by atoms with van der Waals surface area (Å²) in [5, 5.41) is 3.48. The summed E-state index contributed by atoms with van der Waals surface area (Å²) in [6, 6.07) is 12.6. The van der Waals surface area contributed by atoms with Crippen LogP contribution >= 0.6 is 11.6 Å². The molecule has 0 aliphatic heterocycles. The number of rotatable bonds is 5. The number of halogens is 1. The Kier molecular flexibility index (Phi) is 5.45. The summed E-state index contributed by atoms with van der Waals surface area (Å²) in [6.07, 6.45) is 1.03. The number of ether oxygens (including phenoxy) is 1. The zero-order chi connectivity index (χ0) is 16.1. The van der Waals surface area contributed by atoms with Gasteiger partial charge in [-0.1, -0.05) is 30.7 Å². The maximum absolute atomic E-state index is 12.4. The van der Waals surface area contributed by atoms with Gasteiger partial charge in [-0.3, -0.25) is 4.79 Å². The van der Waals surface area contributed by atoms with Crippen LogP contribution in [0.4, 0.5) is 5.69 Å². The number of nitrogens with one attached hydrogen (secondary N) is 1. The molecule has 0 spiro atoms. The Morgan fingerprint density at radius 1 is 1.27 bits per heavy atom. The number of benzene rings is 2. The van der Waals surface area contributed by atoms with Gasteiger partial charge in [-0.15, -0.1) is 0 Å². The smallest absolute Gasteiger partial charge is 0.255 e. The van der Waals surface area contributed by atoms with E-state index in [1.54, 1.807) is 24.3 Å². The number of hydrogen-bond donors (Lipinski definition) is 1. The van der Waals surface area contributed by atoms with Gasteiger partial charge in [0.25, 0.3) is 5.91 Å². The largest absolute Gasteiger partial charge is 0.491 e. The standard InChI is InChI=1S/C18H20ClNO2/c1-4-13(3)22-16-7-5-6-14(10-16)18(21)20-17-11-15(19)9-8-12(17)2/h5-11,13H,4H2,1-3H3,(H,20,21). The van der Waals surface area contributed by atoms with E-state index in [-0.39, 0.29) is 12.0 Å². The Balaban J connectivity index is 2.15. The summed E-state index contributed by atoms with van der Waals surface area (Å²) < 4.78 is 5.75. The highest BCUT2D eigenvalue weighted by Gasteiger charge is 2.10. The lowest BCUT2D eigenvalue weighted by Crippen LogP contribution is -2.14. The zero-order valence-corrected chi connectivity index (χ0v) is 13.8. The monoisotopic (exact) mass is 317 g/mol. The summed E-state index contributed by atoms with van der Waals surface area (Å²) in [4.78, 5) is 12.4.